The third kappa shape index (κ3) is 7.21. The molecule has 9 nitrogen and oxygen atoms in total. The highest BCUT2D eigenvalue weighted by Crippen LogP contribution is 2.49. The number of ether oxygens (including phenoxy) is 1. The van der Waals surface area contributed by atoms with Crippen molar-refractivity contribution >= 4 is 44.7 Å². The average molecular weight is 753 g/mol. The molecule has 2 fully saturated rings. The van der Waals surface area contributed by atoms with Crippen LogP contribution in [0.2, 0.25) is 5.02 Å². The van der Waals surface area contributed by atoms with Gasteiger partial charge in [-0.25, -0.2) is 4.21 Å². The van der Waals surface area contributed by atoms with E-state index < -0.39 is 21.2 Å². The first-order valence-corrected chi connectivity index (χ1v) is 21.6. The molecule has 5 aliphatic rings. The maximum atomic E-state index is 14.0. The van der Waals surface area contributed by atoms with Gasteiger partial charge in [0.05, 0.1) is 34.1 Å². The summed E-state index contributed by atoms with van der Waals surface area (Å²) in [6.07, 6.45) is 6.97. The van der Waals surface area contributed by atoms with Crippen LogP contribution >= 0.6 is 11.6 Å². The number of fused-ring (bicyclic) bond motifs is 4. The van der Waals surface area contributed by atoms with Gasteiger partial charge in [-0.2, -0.15) is 0 Å². The van der Waals surface area contributed by atoms with Gasteiger partial charge in [-0.1, -0.05) is 31.0 Å². The van der Waals surface area contributed by atoms with Gasteiger partial charge in [-0.05, 0) is 131 Å². The minimum Gasteiger partial charge on any atom is -0.490 e. The SMILES string of the molecule is C=S1(=O)NC(=O)c2ccc3c(c2)N(C[C@@H]2CC[C@H]2[C@](O)(CN2CCN(C(C)C)C(=O)C2)CCC[C@H](C)[C@H]1C)C[C@@]1(CCCc2cc(Cl)ccc21)CO3. The standard InChI is InChI=1S/C41H57ClN4O5S/c1-27(2)46-19-18-44(23-38(46)47)25-41(49)17-6-8-28(3)29(4)52(5,50)43-39(48)31-11-15-37-36(21-31)45(22-32-10-13-35(32)41)24-40(26-51-37)16-7-9-30-20-33(42)12-14-34(30)40/h11-12,14-15,20-21,27-29,32,35,49H,5-10,13,16-19,22-26H2,1-4H3,(H,43,48,50)/t28-,29+,32-,35+,40-,41+,52?/m0/s1. The van der Waals surface area contributed by atoms with Crippen LogP contribution < -0.4 is 14.4 Å². The molecular formula is C41H57ClN4O5S. The molecule has 52 heavy (non-hydrogen) atoms. The van der Waals surface area contributed by atoms with Crippen molar-refractivity contribution in [2.24, 2.45) is 17.8 Å². The van der Waals surface area contributed by atoms with Gasteiger partial charge in [0.25, 0.3) is 5.91 Å². The fourth-order valence-electron chi connectivity index (χ4n) is 9.87. The van der Waals surface area contributed by atoms with E-state index >= 15 is 0 Å². The van der Waals surface area contributed by atoms with Crippen LogP contribution in [-0.4, -0.2) is 99.6 Å². The normalized spacial score (nSPS) is 34.5. The van der Waals surface area contributed by atoms with Gasteiger partial charge in [0.15, 0.2) is 0 Å². The van der Waals surface area contributed by atoms with Gasteiger partial charge in [0, 0.05) is 60.0 Å². The molecule has 2 bridgehead atoms. The van der Waals surface area contributed by atoms with Crippen LogP contribution in [0.5, 0.6) is 5.75 Å². The Balaban J connectivity index is 1.26. The van der Waals surface area contributed by atoms with Crippen LogP contribution in [0.15, 0.2) is 36.4 Å². The summed E-state index contributed by atoms with van der Waals surface area (Å²) in [5.41, 5.74) is 2.54. The number of rotatable bonds is 3. The van der Waals surface area contributed by atoms with Crippen LogP contribution in [0.4, 0.5) is 5.69 Å². The average Bonchev–Trinajstić information content (AvgIpc) is 3.22. The van der Waals surface area contributed by atoms with E-state index in [9.17, 15) is 18.9 Å². The van der Waals surface area contributed by atoms with Crippen LogP contribution in [0.1, 0.15) is 94.1 Å². The van der Waals surface area contributed by atoms with Crippen molar-refractivity contribution in [3.05, 3.63) is 58.1 Å². The van der Waals surface area contributed by atoms with Crippen LogP contribution in [0, 0.1) is 17.8 Å². The zero-order valence-corrected chi connectivity index (χ0v) is 32.9. The topological polar surface area (TPSA) is 102 Å². The van der Waals surface area contributed by atoms with Crippen molar-refractivity contribution in [1.29, 1.82) is 0 Å². The number of amides is 2. The van der Waals surface area contributed by atoms with Crippen LogP contribution in [0.3, 0.4) is 0 Å². The summed E-state index contributed by atoms with van der Waals surface area (Å²) in [7, 11) is -2.98. The minimum atomic E-state index is -2.98. The molecule has 2 aromatic rings. The monoisotopic (exact) mass is 752 g/mol. The third-order valence-electron chi connectivity index (χ3n) is 13.3. The Hall–Kier alpha value is -2.79. The summed E-state index contributed by atoms with van der Waals surface area (Å²) in [4.78, 5) is 33.4. The first-order chi connectivity index (χ1) is 24.7. The summed E-state index contributed by atoms with van der Waals surface area (Å²) in [6.45, 7) is 12.2. The molecule has 2 aliphatic carbocycles. The molecule has 2 N–H and O–H groups in total. The molecule has 3 heterocycles. The first-order valence-electron chi connectivity index (χ1n) is 19.4. The summed E-state index contributed by atoms with van der Waals surface area (Å²) in [5.74, 6) is 4.76. The smallest absolute Gasteiger partial charge is 0.262 e. The van der Waals surface area contributed by atoms with E-state index in [2.05, 4.69) is 53.3 Å². The van der Waals surface area contributed by atoms with E-state index in [1.54, 1.807) is 6.07 Å². The third-order valence-corrected chi connectivity index (χ3v) is 15.7. The number of aliphatic hydroxyl groups is 1. The summed E-state index contributed by atoms with van der Waals surface area (Å²) in [6, 6.07) is 11.9. The number of nitrogens with one attached hydrogen (secondary N) is 1. The molecule has 1 unspecified atom stereocenters. The molecule has 1 saturated carbocycles. The van der Waals surface area contributed by atoms with E-state index in [1.165, 1.54) is 11.1 Å². The summed E-state index contributed by atoms with van der Waals surface area (Å²) >= 11 is 6.49. The highest BCUT2D eigenvalue weighted by Gasteiger charge is 2.50. The molecule has 2 aromatic carbocycles. The molecular weight excluding hydrogens is 696 g/mol. The van der Waals surface area contributed by atoms with Gasteiger partial charge in [0.1, 0.15) is 5.75 Å². The number of piperazine rings is 1. The van der Waals surface area contributed by atoms with Crippen molar-refractivity contribution in [2.45, 2.75) is 101 Å². The lowest BCUT2D eigenvalue weighted by atomic mass is 9.62. The molecule has 0 radical (unpaired) electrons. The van der Waals surface area contributed by atoms with Crippen LogP contribution in [-0.2, 0) is 26.3 Å². The number of hydrogen-bond acceptors (Lipinski definition) is 7. The van der Waals surface area contributed by atoms with Crippen molar-refractivity contribution in [1.82, 2.24) is 14.5 Å². The Morgan fingerprint density at radius 1 is 1.08 bits per heavy atom. The lowest BCUT2D eigenvalue weighted by molar-refractivity contribution is -0.143. The van der Waals surface area contributed by atoms with Gasteiger partial charge in [-0.15, -0.1) is 0 Å². The predicted molar refractivity (Wildman–Crippen MR) is 210 cm³/mol. The Labute approximate surface area is 315 Å². The molecule has 7 atom stereocenters. The number of carbonyl (C=O) groups is 2. The number of nitrogens with zero attached hydrogens (tertiary/aromatic N) is 3. The van der Waals surface area contributed by atoms with Crippen molar-refractivity contribution in [3.8, 4) is 5.75 Å². The second kappa shape index (κ2) is 14.5. The number of hydrogen-bond donors (Lipinski definition) is 2. The predicted octanol–water partition coefficient (Wildman–Crippen LogP) is 5.69. The lowest BCUT2D eigenvalue weighted by Gasteiger charge is -2.52. The lowest BCUT2D eigenvalue weighted by Crippen LogP contribution is -2.60. The highest BCUT2D eigenvalue weighted by atomic mass is 35.5. The number of β-amino-alcohol motifs (C(OH)–C–C–N with tert-alkyl or cyclic N) is 1. The van der Waals surface area contributed by atoms with Crippen molar-refractivity contribution < 1.29 is 23.6 Å². The van der Waals surface area contributed by atoms with Gasteiger partial charge < -0.3 is 19.6 Å². The Kier molecular flexibility index (Phi) is 10.4. The van der Waals surface area contributed by atoms with Crippen molar-refractivity contribution in [2.75, 3.05) is 50.8 Å². The van der Waals surface area contributed by atoms with Crippen molar-refractivity contribution in [3.63, 3.8) is 0 Å². The largest absolute Gasteiger partial charge is 0.490 e. The maximum absolute atomic E-state index is 14.0. The second-order valence-corrected chi connectivity index (χ2v) is 19.8. The van der Waals surface area contributed by atoms with Crippen LogP contribution in [0.25, 0.3) is 0 Å². The highest BCUT2D eigenvalue weighted by molar-refractivity contribution is 7.99. The first kappa shape index (κ1) is 37.5. The Morgan fingerprint density at radius 2 is 1.88 bits per heavy atom. The molecule has 1 spiro atoms. The Bertz CT molecular complexity index is 1800. The fourth-order valence-corrected chi connectivity index (χ4v) is 11.6. The van der Waals surface area contributed by atoms with Gasteiger partial charge in [-0.3, -0.25) is 19.2 Å². The zero-order chi connectivity index (χ0) is 37.0. The fraction of sp³-hybridized carbons (Fsp3) is 0.634. The van der Waals surface area contributed by atoms with Gasteiger partial charge in [0.2, 0.25) is 5.91 Å². The molecule has 284 valence electrons. The maximum Gasteiger partial charge on any atom is 0.262 e. The Morgan fingerprint density at radius 3 is 2.62 bits per heavy atom. The van der Waals surface area contributed by atoms with Gasteiger partial charge >= 0.3 is 0 Å². The molecule has 3 aliphatic heterocycles. The minimum absolute atomic E-state index is 0.0104. The second-order valence-electron chi connectivity index (χ2n) is 17.0. The number of benzene rings is 2. The summed E-state index contributed by atoms with van der Waals surface area (Å²) in [5, 5.41) is 13.2. The summed E-state index contributed by atoms with van der Waals surface area (Å²) < 4.78 is 23.5. The molecule has 0 aromatic heterocycles. The molecule has 2 amide bonds. The van der Waals surface area contributed by atoms with E-state index in [0.29, 0.717) is 51.3 Å². The number of halogens is 1. The van der Waals surface area contributed by atoms with E-state index in [4.69, 9.17) is 16.3 Å². The molecule has 1 saturated heterocycles. The van der Waals surface area contributed by atoms with E-state index in [-0.39, 0.29) is 40.4 Å². The number of carbonyl (C=O) groups excluding carboxylic acids is 2. The molecule has 11 heteroatoms. The zero-order valence-electron chi connectivity index (χ0n) is 31.4. The molecule has 7 rings (SSSR count). The number of anilines is 1. The van der Waals surface area contributed by atoms with E-state index in [0.717, 1.165) is 68.0 Å². The number of aryl methyl sites for hydroxylation is 1. The van der Waals surface area contributed by atoms with E-state index in [1.807, 2.05) is 30.0 Å². The quantitative estimate of drug-likeness (QED) is 0.389.